The van der Waals surface area contributed by atoms with Crippen LogP contribution in [-0.4, -0.2) is 56.6 Å². The average molecular weight is 466 g/mol. The van der Waals surface area contributed by atoms with Gasteiger partial charge in [-0.2, -0.15) is 18.3 Å². The lowest BCUT2D eigenvalue weighted by Gasteiger charge is -2.34. The van der Waals surface area contributed by atoms with E-state index < -0.39 is 35.8 Å². The van der Waals surface area contributed by atoms with E-state index in [1.165, 1.54) is 15.3 Å². The predicted molar refractivity (Wildman–Crippen MR) is 115 cm³/mol. The maximum Gasteiger partial charge on any atom is 0.422 e. The standard InChI is InChI=1S/C22H25F3N4O4/c1-21(2,3)33-20(31)27-10-8-14(9-11-27)29-18-15-6-4-5-7-16(15)26-28(18)12-17(19(29)30)32-13-22(23,24)25/h4-7,12,14H,8-11,13H2,1-3H3. The molecule has 0 radical (unpaired) electrons. The van der Waals surface area contributed by atoms with E-state index in [0.717, 1.165) is 0 Å². The first-order valence-electron chi connectivity index (χ1n) is 10.6. The Morgan fingerprint density at radius 3 is 2.45 bits per heavy atom. The van der Waals surface area contributed by atoms with Crippen LogP contribution >= 0.6 is 0 Å². The highest BCUT2D eigenvalue weighted by atomic mass is 19.4. The molecule has 1 aliphatic heterocycles. The SMILES string of the molecule is CC(C)(C)OC(=O)N1CCC(n2c(=O)c(OCC(F)(F)F)cn3nc4ccccc4c23)CC1. The lowest BCUT2D eigenvalue weighted by Crippen LogP contribution is -2.43. The molecule has 4 rings (SSSR count). The fourth-order valence-corrected chi connectivity index (χ4v) is 3.98. The number of aromatic nitrogens is 3. The van der Waals surface area contributed by atoms with Crippen LogP contribution < -0.4 is 10.3 Å². The molecular weight excluding hydrogens is 441 g/mol. The van der Waals surface area contributed by atoms with Crippen molar-refractivity contribution in [2.75, 3.05) is 19.7 Å². The molecule has 33 heavy (non-hydrogen) atoms. The molecular formula is C22H25F3N4O4. The highest BCUT2D eigenvalue weighted by molar-refractivity contribution is 5.92. The molecule has 1 amide bonds. The topological polar surface area (TPSA) is 78.1 Å². The number of halogens is 3. The van der Waals surface area contributed by atoms with Gasteiger partial charge in [0.2, 0.25) is 5.75 Å². The van der Waals surface area contributed by atoms with Crippen LogP contribution in [0, 0.1) is 0 Å². The fourth-order valence-electron chi connectivity index (χ4n) is 3.98. The minimum absolute atomic E-state index is 0.345. The van der Waals surface area contributed by atoms with E-state index in [4.69, 9.17) is 9.47 Å². The minimum atomic E-state index is -4.58. The summed E-state index contributed by atoms with van der Waals surface area (Å²) in [6, 6.07) is 6.81. The third-order valence-corrected chi connectivity index (χ3v) is 5.35. The molecule has 11 heteroatoms. The predicted octanol–water partition coefficient (Wildman–Crippen LogP) is 4.16. The molecule has 0 aliphatic carbocycles. The Morgan fingerprint density at radius 2 is 1.82 bits per heavy atom. The number of carbonyl (C=O) groups excluding carboxylic acids is 1. The Balaban J connectivity index is 1.71. The van der Waals surface area contributed by atoms with Crippen LogP contribution in [0.1, 0.15) is 39.7 Å². The number of hydrogen-bond acceptors (Lipinski definition) is 5. The van der Waals surface area contributed by atoms with Gasteiger partial charge < -0.3 is 14.4 Å². The van der Waals surface area contributed by atoms with Gasteiger partial charge in [-0.05, 0) is 45.7 Å². The molecule has 1 aliphatic rings. The van der Waals surface area contributed by atoms with Crippen molar-refractivity contribution in [1.29, 1.82) is 0 Å². The van der Waals surface area contributed by atoms with Gasteiger partial charge in [-0.1, -0.05) is 12.1 Å². The molecule has 178 valence electrons. The third kappa shape index (κ3) is 4.91. The number of alkyl halides is 3. The summed E-state index contributed by atoms with van der Waals surface area (Å²) >= 11 is 0. The summed E-state index contributed by atoms with van der Waals surface area (Å²) in [5, 5.41) is 5.11. The number of carbonyl (C=O) groups is 1. The molecule has 1 aromatic carbocycles. The molecule has 0 N–H and O–H groups in total. The normalized spacial score (nSPS) is 15.9. The molecule has 8 nitrogen and oxygen atoms in total. The number of hydrogen-bond donors (Lipinski definition) is 0. The summed E-state index contributed by atoms with van der Waals surface area (Å²) in [6.45, 7) is 4.46. The van der Waals surface area contributed by atoms with Crippen LogP contribution in [0.4, 0.5) is 18.0 Å². The molecule has 0 spiro atoms. The van der Waals surface area contributed by atoms with E-state index in [2.05, 4.69) is 5.10 Å². The smallest absolute Gasteiger partial charge is 0.422 e. The zero-order valence-corrected chi connectivity index (χ0v) is 18.6. The number of rotatable bonds is 3. The van der Waals surface area contributed by atoms with Gasteiger partial charge >= 0.3 is 12.3 Å². The summed E-state index contributed by atoms with van der Waals surface area (Å²) in [5.41, 5.74) is -0.207. The van der Waals surface area contributed by atoms with Crippen molar-refractivity contribution in [1.82, 2.24) is 19.1 Å². The van der Waals surface area contributed by atoms with Gasteiger partial charge in [0.05, 0.1) is 11.7 Å². The third-order valence-electron chi connectivity index (χ3n) is 5.35. The maximum absolute atomic E-state index is 13.3. The van der Waals surface area contributed by atoms with Gasteiger partial charge in [0.25, 0.3) is 5.56 Å². The van der Waals surface area contributed by atoms with Crippen molar-refractivity contribution in [2.45, 2.75) is 51.4 Å². The van der Waals surface area contributed by atoms with Crippen LogP contribution in [0.5, 0.6) is 5.75 Å². The minimum Gasteiger partial charge on any atom is -0.477 e. The number of ether oxygens (including phenoxy) is 2. The Hall–Kier alpha value is -3.24. The second-order valence-corrected chi connectivity index (χ2v) is 9.06. The summed E-state index contributed by atoms with van der Waals surface area (Å²) in [4.78, 5) is 27.2. The van der Waals surface area contributed by atoms with Crippen LogP contribution in [0.25, 0.3) is 16.6 Å². The summed E-state index contributed by atoms with van der Waals surface area (Å²) in [6.07, 6.45) is -2.97. The van der Waals surface area contributed by atoms with Crippen molar-refractivity contribution >= 4 is 22.6 Å². The van der Waals surface area contributed by atoms with E-state index in [1.54, 1.807) is 49.9 Å². The Bertz CT molecular complexity index is 1230. The van der Waals surface area contributed by atoms with Gasteiger partial charge in [0.1, 0.15) is 11.2 Å². The second-order valence-electron chi connectivity index (χ2n) is 9.06. The molecule has 3 heterocycles. The van der Waals surface area contributed by atoms with Crippen LogP contribution in [0.2, 0.25) is 0 Å². The highest BCUT2D eigenvalue weighted by Crippen LogP contribution is 2.29. The van der Waals surface area contributed by atoms with E-state index in [1.807, 2.05) is 0 Å². The highest BCUT2D eigenvalue weighted by Gasteiger charge is 2.32. The second kappa shape index (κ2) is 8.27. The van der Waals surface area contributed by atoms with Crippen molar-refractivity contribution in [3.63, 3.8) is 0 Å². The first-order chi connectivity index (χ1) is 15.4. The van der Waals surface area contributed by atoms with Crippen molar-refractivity contribution < 1.29 is 27.4 Å². The first-order valence-corrected chi connectivity index (χ1v) is 10.6. The molecule has 0 bridgehead atoms. The number of piperidine rings is 1. The maximum atomic E-state index is 13.3. The van der Waals surface area contributed by atoms with Gasteiger partial charge in [-0.3, -0.25) is 9.36 Å². The van der Waals surface area contributed by atoms with Gasteiger partial charge in [0.15, 0.2) is 6.61 Å². The molecule has 2 aromatic heterocycles. The van der Waals surface area contributed by atoms with Crippen LogP contribution in [0.15, 0.2) is 35.3 Å². The lowest BCUT2D eigenvalue weighted by molar-refractivity contribution is -0.153. The quantitative estimate of drug-likeness (QED) is 0.579. The van der Waals surface area contributed by atoms with Crippen LogP contribution in [0.3, 0.4) is 0 Å². The van der Waals surface area contributed by atoms with Crippen LogP contribution in [-0.2, 0) is 4.74 Å². The van der Waals surface area contributed by atoms with E-state index in [-0.39, 0.29) is 6.04 Å². The molecule has 0 saturated carbocycles. The Morgan fingerprint density at radius 1 is 1.15 bits per heavy atom. The summed E-state index contributed by atoms with van der Waals surface area (Å²) in [5.74, 6) is -0.429. The zero-order chi connectivity index (χ0) is 24.0. The number of nitrogens with zero attached hydrogens (tertiary/aromatic N) is 4. The fraction of sp³-hybridized carbons (Fsp3) is 0.500. The molecule has 1 saturated heterocycles. The first kappa shape index (κ1) is 22.9. The monoisotopic (exact) mass is 466 g/mol. The van der Waals surface area contributed by atoms with Crippen molar-refractivity contribution in [3.05, 3.63) is 40.8 Å². The van der Waals surface area contributed by atoms with Gasteiger partial charge in [-0.25, -0.2) is 9.31 Å². The van der Waals surface area contributed by atoms with Crippen molar-refractivity contribution in [3.8, 4) is 5.75 Å². The number of amides is 1. The number of likely N-dealkylation sites (tertiary alicyclic amines) is 1. The average Bonchev–Trinajstić information content (AvgIpc) is 3.09. The van der Waals surface area contributed by atoms with Crippen molar-refractivity contribution in [2.24, 2.45) is 0 Å². The van der Waals surface area contributed by atoms with Gasteiger partial charge in [0, 0.05) is 24.5 Å². The van der Waals surface area contributed by atoms with E-state index >= 15 is 0 Å². The number of benzene rings is 1. The zero-order valence-electron chi connectivity index (χ0n) is 18.6. The summed E-state index contributed by atoms with van der Waals surface area (Å²) < 4.78 is 51.3. The summed E-state index contributed by atoms with van der Waals surface area (Å²) in [7, 11) is 0. The van der Waals surface area contributed by atoms with E-state index in [0.29, 0.717) is 42.5 Å². The molecule has 1 fully saturated rings. The van der Waals surface area contributed by atoms with E-state index in [9.17, 15) is 22.8 Å². The molecule has 0 atom stereocenters. The largest absolute Gasteiger partial charge is 0.477 e. The lowest BCUT2D eigenvalue weighted by atomic mass is 10.0. The van der Waals surface area contributed by atoms with Gasteiger partial charge in [-0.15, -0.1) is 0 Å². The number of fused-ring (bicyclic) bond motifs is 3. The Kier molecular flexibility index (Phi) is 5.75. The molecule has 3 aromatic rings. The Labute approximate surface area is 187 Å². The molecule has 0 unspecified atom stereocenters.